The highest BCUT2D eigenvalue weighted by atomic mass is 16.5. The van der Waals surface area contributed by atoms with Crippen molar-refractivity contribution < 1.29 is 23.8 Å². The molecule has 0 aliphatic carbocycles. The molecule has 1 atom stereocenters. The highest BCUT2D eigenvalue weighted by Gasteiger charge is 2.28. The lowest BCUT2D eigenvalue weighted by Gasteiger charge is -2.20. The zero-order valence-corrected chi connectivity index (χ0v) is 21.1. The molecule has 1 heterocycles. The largest absolute Gasteiger partial charge is 0.497 e. The zero-order chi connectivity index (χ0) is 26.5. The number of esters is 1. The number of fused-ring (bicyclic) bond motifs is 1. The molecule has 0 saturated heterocycles. The summed E-state index contributed by atoms with van der Waals surface area (Å²) in [5.41, 5.74) is 1.47. The molecule has 0 aliphatic heterocycles. The van der Waals surface area contributed by atoms with Crippen LogP contribution in [0.3, 0.4) is 0 Å². The number of ether oxygens (including phenoxy) is 3. The molecule has 37 heavy (non-hydrogen) atoms. The lowest BCUT2D eigenvalue weighted by Crippen LogP contribution is -2.34. The second-order valence-corrected chi connectivity index (χ2v) is 8.36. The quantitative estimate of drug-likeness (QED) is 0.349. The van der Waals surface area contributed by atoms with Crippen LogP contribution in [-0.4, -0.2) is 36.8 Å². The van der Waals surface area contributed by atoms with E-state index in [-0.39, 0.29) is 17.7 Å². The Kier molecular flexibility index (Phi) is 7.57. The smallest absolute Gasteiger partial charge is 0.356 e. The third kappa shape index (κ3) is 5.04. The molecule has 8 heteroatoms. The number of nitrogens with zero attached hydrogens (tertiary/aromatic N) is 1. The molecule has 0 aliphatic rings. The first-order valence-electron chi connectivity index (χ1n) is 11.8. The average molecular weight is 501 g/mol. The molecule has 1 unspecified atom stereocenters. The average Bonchev–Trinajstić information content (AvgIpc) is 2.93. The monoisotopic (exact) mass is 500 g/mol. The van der Waals surface area contributed by atoms with Crippen molar-refractivity contribution in [2.45, 2.75) is 19.4 Å². The van der Waals surface area contributed by atoms with Crippen molar-refractivity contribution in [2.75, 3.05) is 19.5 Å². The number of hydrogen-bond donors (Lipinski definition) is 1. The lowest BCUT2D eigenvalue weighted by atomic mass is 9.97. The fourth-order valence-corrected chi connectivity index (χ4v) is 4.22. The van der Waals surface area contributed by atoms with E-state index in [1.165, 1.54) is 25.8 Å². The van der Waals surface area contributed by atoms with E-state index in [4.69, 9.17) is 14.2 Å². The maximum atomic E-state index is 13.6. The van der Waals surface area contributed by atoms with Gasteiger partial charge in [0.25, 0.3) is 11.5 Å². The minimum Gasteiger partial charge on any atom is -0.497 e. The Morgan fingerprint density at radius 2 is 1.59 bits per heavy atom. The summed E-state index contributed by atoms with van der Waals surface area (Å²) >= 11 is 0. The van der Waals surface area contributed by atoms with Gasteiger partial charge in [-0.3, -0.25) is 9.59 Å². The van der Waals surface area contributed by atoms with Crippen LogP contribution in [0, 0.1) is 0 Å². The number of nitrogens with one attached hydrogen (secondary N) is 1. The second-order valence-electron chi connectivity index (χ2n) is 8.36. The predicted molar refractivity (Wildman–Crippen MR) is 142 cm³/mol. The molecule has 4 aromatic rings. The van der Waals surface area contributed by atoms with Crippen LogP contribution in [0.2, 0.25) is 0 Å². The summed E-state index contributed by atoms with van der Waals surface area (Å²) < 4.78 is 17.5. The van der Waals surface area contributed by atoms with Crippen LogP contribution in [0.15, 0.2) is 77.6 Å². The lowest BCUT2D eigenvalue weighted by molar-refractivity contribution is -0.124. The van der Waals surface area contributed by atoms with Crippen LogP contribution in [0.4, 0.5) is 5.69 Å². The first kappa shape index (κ1) is 25.5. The van der Waals surface area contributed by atoms with E-state index in [0.717, 1.165) is 5.56 Å². The van der Waals surface area contributed by atoms with Gasteiger partial charge in [-0.15, -0.1) is 0 Å². The summed E-state index contributed by atoms with van der Waals surface area (Å²) in [5.74, 6) is -0.324. The molecule has 3 aromatic carbocycles. The Morgan fingerprint density at radius 3 is 2.24 bits per heavy atom. The number of rotatable bonds is 8. The first-order valence-corrected chi connectivity index (χ1v) is 11.8. The molecule has 8 nitrogen and oxygen atoms in total. The summed E-state index contributed by atoms with van der Waals surface area (Å²) in [6.45, 7) is 1.74. The molecule has 0 fully saturated rings. The van der Waals surface area contributed by atoms with Crippen LogP contribution in [-0.2, 0) is 16.6 Å². The van der Waals surface area contributed by atoms with Crippen LogP contribution in [0.5, 0.6) is 11.5 Å². The summed E-state index contributed by atoms with van der Waals surface area (Å²) in [6, 6.07) is 21.4. The second kappa shape index (κ2) is 11.0. The van der Waals surface area contributed by atoms with E-state index in [1.54, 1.807) is 43.3 Å². The molecule has 0 bridgehead atoms. The van der Waals surface area contributed by atoms with Gasteiger partial charge in [0.2, 0.25) is 0 Å². The molecule has 190 valence electrons. The van der Waals surface area contributed by atoms with Gasteiger partial charge in [-0.1, -0.05) is 55.5 Å². The fraction of sp³-hybridized carbons (Fsp3) is 0.207. The van der Waals surface area contributed by atoms with Gasteiger partial charge in [-0.2, -0.15) is 0 Å². The van der Waals surface area contributed by atoms with Gasteiger partial charge >= 0.3 is 5.97 Å². The topological polar surface area (TPSA) is 95.9 Å². The molecule has 1 amide bonds. The van der Waals surface area contributed by atoms with Gasteiger partial charge < -0.3 is 24.1 Å². The van der Waals surface area contributed by atoms with Gasteiger partial charge in [0.05, 0.1) is 19.9 Å². The minimum absolute atomic E-state index is 0.0724. The number of benzene rings is 3. The number of hydrogen-bond acceptors (Lipinski definition) is 6. The number of carbonyl (C=O) groups is 2. The predicted octanol–water partition coefficient (Wildman–Crippen LogP) is 4.80. The molecule has 0 saturated carbocycles. The van der Waals surface area contributed by atoms with Gasteiger partial charge in [0.15, 0.2) is 6.10 Å². The molecule has 0 spiro atoms. The van der Waals surface area contributed by atoms with E-state index in [9.17, 15) is 14.4 Å². The number of carbonyl (C=O) groups excluding carboxylic acids is 2. The van der Waals surface area contributed by atoms with Crippen molar-refractivity contribution in [3.05, 3.63) is 88.8 Å². The molecular weight excluding hydrogens is 472 g/mol. The number of aromatic nitrogens is 1. The number of anilines is 1. The molecule has 1 N–H and O–H groups in total. The van der Waals surface area contributed by atoms with Crippen molar-refractivity contribution in [2.24, 2.45) is 7.05 Å². The summed E-state index contributed by atoms with van der Waals surface area (Å²) in [7, 11) is 4.54. The minimum atomic E-state index is -1.11. The maximum Gasteiger partial charge on any atom is 0.356 e. The van der Waals surface area contributed by atoms with Gasteiger partial charge in [0, 0.05) is 24.1 Å². The third-order valence-corrected chi connectivity index (χ3v) is 6.14. The fourth-order valence-electron chi connectivity index (χ4n) is 4.22. The number of pyridine rings is 1. The SMILES string of the molecule is CCC(OC(=O)c1c(-c2ccccc2)c2ccccc2c(=O)n1C)C(=O)Nc1ccc(OC)cc1OC. The van der Waals surface area contributed by atoms with Gasteiger partial charge in [-0.05, 0) is 35.6 Å². The highest BCUT2D eigenvalue weighted by molar-refractivity contribution is 6.07. The Hall–Kier alpha value is -4.59. The number of amides is 1. The van der Waals surface area contributed by atoms with Gasteiger partial charge in [-0.25, -0.2) is 4.79 Å². The molecule has 1 aromatic heterocycles. The Labute approximate surface area is 214 Å². The Bertz CT molecular complexity index is 1510. The third-order valence-electron chi connectivity index (χ3n) is 6.14. The maximum absolute atomic E-state index is 13.6. The van der Waals surface area contributed by atoms with E-state index >= 15 is 0 Å². The van der Waals surface area contributed by atoms with Crippen LogP contribution in [0.1, 0.15) is 23.8 Å². The highest BCUT2D eigenvalue weighted by Crippen LogP contribution is 2.32. The normalized spacial score (nSPS) is 11.6. The van der Waals surface area contributed by atoms with Crippen LogP contribution >= 0.6 is 0 Å². The summed E-state index contributed by atoms with van der Waals surface area (Å²) in [5, 5.41) is 3.87. The summed E-state index contributed by atoms with van der Waals surface area (Å²) in [4.78, 5) is 39.8. The first-order chi connectivity index (χ1) is 17.9. The molecule has 0 radical (unpaired) electrons. The van der Waals surface area contributed by atoms with Crippen molar-refractivity contribution in [1.82, 2.24) is 4.57 Å². The summed E-state index contributed by atoms with van der Waals surface area (Å²) in [6.07, 6.45) is -0.886. The Balaban J connectivity index is 1.72. The van der Waals surface area contributed by atoms with Crippen molar-refractivity contribution in [3.8, 4) is 22.6 Å². The number of methoxy groups -OCH3 is 2. The van der Waals surface area contributed by atoms with Gasteiger partial charge in [0.1, 0.15) is 17.2 Å². The van der Waals surface area contributed by atoms with E-state index in [2.05, 4.69) is 5.32 Å². The van der Waals surface area contributed by atoms with Crippen LogP contribution in [0.25, 0.3) is 21.9 Å². The van der Waals surface area contributed by atoms with Crippen molar-refractivity contribution in [3.63, 3.8) is 0 Å². The van der Waals surface area contributed by atoms with E-state index in [1.807, 2.05) is 36.4 Å². The van der Waals surface area contributed by atoms with Crippen molar-refractivity contribution >= 4 is 28.3 Å². The van der Waals surface area contributed by atoms with E-state index < -0.39 is 18.0 Å². The van der Waals surface area contributed by atoms with E-state index in [0.29, 0.717) is 33.5 Å². The molecule has 4 rings (SSSR count). The standard InChI is InChI=1S/C29H28N2O6/c1-5-23(27(32)30-22-16-15-19(35-3)17-24(22)36-4)37-29(34)26-25(18-11-7-6-8-12-18)20-13-9-10-14-21(20)28(33)31(26)2/h6-17,23H,5H2,1-4H3,(H,30,32). The van der Waals surface area contributed by atoms with Crippen molar-refractivity contribution in [1.29, 1.82) is 0 Å². The zero-order valence-electron chi connectivity index (χ0n) is 21.1. The Morgan fingerprint density at radius 1 is 0.919 bits per heavy atom. The molecular formula is C29H28N2O6. The van der Waals surface area contributed by atoms with Crippen LogP contribution < -0.4 is 20.3 Å².